The summed E-state index contributed by atoms with van der Waals surface area (Å²) in [5.74, 6) is 0.0420. The number of nitrogens with zero attached hydrogens (tertiary/aromatic N) is 2. The number of nitrogen functional groups attached to an aromatic ring is 1. The summed E-state index contributed by atoms with van der Waals surface area (Å²) in [6.07, 6.45) is 5.87. The predicted octanol–water partition coefficient (Wildman–Crippen LogP) is 2.22. The van der Waals surface area contributed by atoms with Crippen LogP contribution < -0.4 is 5.73 Å². The van der Waals surface area contributed by atoms with Crippen molar-refractivity contribution in [2.24, 2.45) is 0 Å². The highest BCUT2D eigenvalue weighted by Gasteiger charge is 2.24. The molecule has 0 aromatic heterocycles. The Morgan fingerprint density at radius 1 is 1.52 bits per heavy atom. The van der Waals surface area contributed by atoms with Gasteiger partial charge in [0.2, 0.25) is 5.91 Å². The first-order valence-corrected chi connectivity index (χ1v) is 7.63. The largest absolute Gasteiger partial charge is 0.399 e. The number of nitrogens with two attached hydrogens (primary N) is 1. The van der Waals surface area contributed by atoms with E-state index in [1.165, 1.54) is 12.8 Å². The highest BCUT2D eigenvalue weighted by atomic mass is 16.2. The van der Waals surface area contributed by atoms with Crippen molar-refractivity contribution in [3.63, 3.8) is 0 Å². The Hall–Kier alpha value is -1.81. The maximum Gasteiger partial charge on any atom is 0.246 e. The third-order valence-corrected chi connectivity index (χ3v) is 4.10. The molecule has 2 rings (SSSR count). The summed E-state index contributed by atoms with van der Waals surface area (Å²) in [6, 6.07) is 8.03. The number of benzene rings is 1. The molecule has 21 heavy (non-hydrogen) atoms. The molecule has 1 amide bonds. The van der Waals surface area contributed by atoms with E-state index in [1.807, 2.05) is 37.4 Å². The molecular formula is C17H25N3O. The minimum Gasteiger partial charge on any atom is -0.399 e. The first-order chi connectivity index (χ1) is 10.1. The Bertz CT molecular complexity index is 513. The van der Waals surface area contributed by atoms with Crippen LogP contribution in [0.4, 0.5) is 5.69 Å². The van der Waals surface area contributed by atoms with Crippen LogP contribution in [0.1, 0.15) is 25.3 Å². The second-order valence-electron chi connectivity index (χ2n) is 5.65. The first-order valence-electron chi connectivity index (χ1n) is 7.63. The topological polar surface area (TPSA) is 49.6 Å². The molecule has 1 saturated heterocycles. The molecule has 114 valence electrons. The lowest BCUT2D eigenvalue weighted by atomic mass is 10.2. The first kappa shape index (κ1) is 15.6. The molecule has 1 fully saturated rings. The highest BCUT2D eigenvalue weighted by Crippen LogP contribution is 2.17. The van der Waals surface area contributed by atoms with Gasteiger partial charge in [-0.15, -0.1) is 0 Å². The van der Waals surface area contributed by atoms with Crippen molar-refractivity contribution in [3.05, 3.63) is 35.9 Å². The van der Waals surface area contributed by atoms with Crippen molar-refractivity contribution in [3.8, 4) is 0 Å². The summed E-state index contributed by atoms with van der Waals surface area (Å²) in [5.41, 5.74) is 7.39. The number of rotatable bonds is 5. The molecule has 0 aliphatic carbocycles. The monoisotopic (exact) mass is 287 g/mol. The smallest absolute Gasteiger partial charge is 0.246 e. The summed E-state index contributed by atoms with van der Waals surface area (Å²) in [6.45, 7) is 5.20. The van der Waals surface area contributed by atoms with Crippen molar-refractivity contribution < 1.29 is 4.79 Å². The van der Waals surface area contributed by atoms with Crippen LogP contribution in [0.5, 0.6) is 0 Å². The zero-order chi connectivity index (χ0) is 15.2. The number of anilines is 1. The van der Waals surface area contributed by atoms with E-state index in [-0.39, 0.29) is 5.91 Å². The van der Waals surface area contributed by atoms with Crippen LogP contribution in [0.15, 0.2) is 30.3 Å². The number of amides is 1. The fourth-order valence-electron chi connectivity index (χ4n) is 2.88. The lowest BCUT2D eigenvalue weighted by Gasteiger charge is -2.27. The molecule has 1 heterocycles. The van der Waals surface area contributed by atoms with Crippen molar-refractivity contribution >= 4 is 17.7 Å². The Labute approximate surface area is 127 Å². The molecule has 0 spiro atoms. The Balaban J connectivity index is 1.90. The van der Waals surface area contributed by atoms with E-state index < -0.39 is 0 Å². The molecule has 2 N–H and O–H groups in total. The van der Waals surface area contributed by atoms with Crippen LogP contribution in [0.25, 0.3) is 6.08 Å². The maximum atomic E-state index is 12.2. The van der Waals surface area contributed by atoms with Crippen molar-refractivity contribution in [2.45, 2.75) is 25.8 Å². The van der Waals surface area contributed by atoms with Gasteiger partial charge in [-0.05, 0) is 49.7 Å². The third kappa shape index (κ3) is 4.33. The second-order valence-corrected chi connectivity index (χ2v) is 5.65. The third-order valence-electron chi connectivity index (χ3n) is 4.10. The quantitative estimate of drug-likeness (QED) is 0.667. The van der Waals surface area contributed by atoms with Crippen molar-refractivity contribution in [1.82, 2.24) is 9.80 Å². The zero-order valence-corrected chi connectivity index (χ0v) is 13.0. The van der Waals surface area contributed by atoms with Gasteiger partial charge in [-0.2, -0.15) is 0 Å². The van der Waals surface area contributed by atoms with Gasteiger partial charge in [0.1, 0.15) is 0 Å². The molecular weight excluding hydrogens is 262 g/mol. The number of likely N-dealkylation sites (N-methyl/N-ethyl adjacent to an activating group) is 2. The number of hydrogen-bond acceptors (Lipinski definition) is 3. The number of carbonyl (C=O) groups is 1. The molecule has 1 aliphatic rings. The van der Waals surface area contributed by atoms with Gasteiger partial charge < -0.3 is 10.6 Å². The minimum absolute atomic E-state index is 0.0420. The average molecular weight is 287 g/mol. The van der Waals surface area contributed by atoms with Gasteiger partial charge in [-0.1, -0.05) is 19.1 Å². The summed E-state index contributed by atoms with van der Waals surface area (Å²) < 4.78 is 0. The predicted molar refractivity (Wildman–Crippen MR) is 87.8 cm³/mol. The van der Waals surface area contributed by atoms with Crippen LogP contribution in [-0.4, -0.2) is 48.4 Å². The van der Waals surface area contributed by atoms with Crippen molar-refractivity contribution in [1.29, 1.82) is 0 Å². The molecule has 0 bridgehead atoms. The van der Waals surface area contributed by atoms with Gasteiger partial charge in [0.25, 0.3) is 0 Å². The normalized spacial score (nSPS) is 19.2. The lowest BCUT2D eigenvalue weighted by molar-refractivity contribution is -0.125. The zero-order valence-electron chi connectivity index (χ0n) is 13.0. The maximum absolute atomic E-state index is 12.2. The Morgan fingerprint density at radius 3 is 3.05 bits per heavy atom. The lowest BCUT2D eigenvalue weighted by Crippen LogP contribution is -2.40. The summed E-state index contributed by atoms with van der Waals surface area (Å²) in [4.78, 5) is 16.4. The Kier molecular flexibility index (Phi) is 5.39. The van der Waals surface area contributed by atoms with Gasteiger partial charge in [0.05, 0.1) is 0 Å². The van der Waals surface area contributed by atoms with E-state index in [1.54, 1.807) is 11.0 Å². The molecule has 1 unspecified atom stereocenters. The van der Waals surface area contributed by atoms with Gasteiger partial charge in [0, 0.05) is 31.4 Å². The SMILES string of the molecule is CCN1CCCC1CN(C)C(=O)/C=C/c1cccc(N)c1. The minimum atomic E-state index is 0.0420. The number of likely N-dealkylation sites (tertiary alicyclic amines) is 1. The van der Waals surface area contributed by atoms with Crippen LogP contribution in [0, 0.1) is 0 Å². The fraction of sp³-hybridized carbons (Fsp3) is 0.471. The molecule has 1 aliphatic heterocycles. The molecule has 0 radical (unpaired) electrons. The van der Waals surface area contributed by atoms with Gasteiger partial charge in [-0.3, -0.25) is 9.69 Å². The van der Waals surface area contributed by atoms with E-state index in [4.69, 9.17) is 5.73 Å². The summed E-state index contributed by atoms with van der Waals surface area (Å²) >= 11 is 0. The van der Waals surface area contributed by atoms with Crippen LogP contribution in [0.2, 0.25) is 0 Å². The Morgan fingerprint density at radius 2 is 2.33 bits per heavy atom. The van der Waals surface area contributed by atoms with E-state index in [9.17, 15) is 4.79 Å². The van der Waals surface area contributed by atoms with Crippen LogP contribution >= 0.6 is 0 Å². The number of hydrogen-bond donors (Lipinski definition) is 1. The molecule has 1 aromatic carbocycles. The van der Waals surface area contributed by atoms with Crippen LogP contribution in [-0.2, 0) is 4.79 Å². The molecule has 1 aromatic rings. The summed E-state index contributed by atoms with van der Waals surface area (Å²) in [5, 5.41) is 0. The molecule has 4 nitrogen and oxygen atoms in total. The highest BCUT2D eigenvalue weighted by molar-refractivity contribution is 5.91. The van der Waals surface area contributed by atoms with Crippen molar-refractivity contribution in [2.75, 3.05) is 32.4 Å². The molecule has 1 atom stereocenters. The average Bonchev–Trinajstić information content (AvgIpc) is 2.92. The van der Waals surface area contributed by atoms with E-state index in [2.05, 4.69) is 11.8 Å². The van der Waals surface area contributed by atoms with E-state index in [0.29, 0.717) is 11.7 Å². The van der Waals surface area contributed by atoms with Gasteiger partial charge in [-0.25, -0.2) is 0 Å². The van der Waals surface area contributed by atoms with E-state index in [0.717, 1.165) is 25.2 Å². The standard InChI is InChI=1S/C17H25N3O/c1-3-20-11-5-8-16(20)13-19(2)17(21)10-9-14-6-4-7-15(18)12-14/h4,6-7,9-10,12,16H,3,5,8,11,13,18H2,1-2H3/b10-9+. The second kappa shape index (κ2) is 7.27. The summed E-state index contributed by atoms with van der Waals surface area (Å²) in [7, 11) is 1.87. The number of carbonyl (C=O) groups excluding carboxylic acids is 1. The molecule has 0 saturated carbocycles. The van der Waals surface area contributed by atoms with E-state index >= 15 is 0 Å². The van der Waals surface area contributed by atoms with Gasteiger partial charge in [0.15, 0.2) is 0 Å². The molecule has 4 heteroatoms. The van der Waals surface area contributed by atoms with Crippen LogP contribution in [0.3, 0.4) is 0 Å². The fourth-order valence-corrected chi connectivity index (χ4v) is 2.88. The van der Waals surface area contributed by atoms with Gasteiger partial charge >= 0.3 is 0 Å².